The van der Waals surface area contributed by atoms with E-state index in [-0.39, 0.29) is 33.9 Å². The number of benzene rings is 3. The summed E-state index contributed by atoms with van der Waals surface area (Å²) >= 11 is 1.25. The summed E-state index contributed by atoms with van der Waals surface area (Å²) in [6.07, 6.45) is 1.90. The van der Waals surface area contributed by atoms with Crippen molar-refractivity contribution in [2.45, 2.75) is 34.3 Å². The number of aromatic nitrogens is 4. The van der Waals surface area contributed by atoms with Crippen molar-refractivity contribution in [1.82, 2.24) is 20.4 Å². The molecule has 222 valence electrons. The maximum absolute atomic E-state index is 12.8. The Hall–Kier alpha value is -4.69. The zero-order valence-corrected chi connectivity index (χ0v) is 24.5. The number of anilines is 2. The van der Waals surface area contributed by atoms with E-state index < -0.39 is 14.9 Å². The molecule has 5 aromatic rings. The van der Waals surface area contributed by atoms with Gasteiger partial charge in [0.05, 0.1) is 27.9 Å². The fraction of sp³-hybridized carbons (Fsp3) is 0.207. The van der Waals surface area contributed by atoms with Gasteiger partial charge in [-0.1, -0.05) is 60.3 Å². The smallest absolute Gasteiger partial charge is 0.414 e. The number of fused-ring (bicyclic) bond motifs is 1. The number of para-hydroxylation sites is 2. The number of thioether (sulfide) groups is 1. The Bertz CT molecular complexity index is 1790. The highest BCUT2D eigenvalue weighted by Gasteiger charge is 2.35. The van der Waals surface area contributed by atoms with Crippen molar-refractivity contribution in [3.63, 3.8) is 0 Å². The Labute approximate surface area is 251 Å². The summed E-state index contributed by atoms with van der Waals surface area (Å²) in [6, 6.07) is 24.9. The van der Waals surface area contributed by atoms with E-state index in [1.807, 2.05) is 54.6 Å². The highest BCUT2D eigenvalue weighted by atomic mass is 32.2. The number of hydrogen-bond donors (Lipinski definition) is 2. The molecule has 0 bridgehead atoms. The Morgan fingerprint density at radius 2 is 1.65 bits per heavy atom. The van der Waals surface area contributed by atoms with Crippen molar-refractivity contribution in [1.29, 1.82) is 0 Å². The van der Waals surface area contributed by atoms with Gasteiger partial charge in [-0.3, -0.25) is 9.42 Å². The van der Waals surface area contributed by atoms with Crippen molar-refractivity contribution in [3.05, 3.63) is 90.1 Å². The Kier molecular flexibility index (Phi) is 9.69. The second-order valence-electron chi connectivity index (χ2n) is 9.27. The maximum Gasteiger partial charge on any atom is 0.414 e. The quantitative estimate of drug-likeness (QED) is 0.0788. The van der Waals surface area contributed by atoms with Crippen molar-refractivity contribution in [2.24, 2.45) is 0 Å². The molecular weight excluding hydrogens is 592 g/mol. The van der Waals surface area contributed by atoms with E-state index in [1.54, 1.807) is 18.2 Å². The number of amides is 1. The summed E-state index contributed by atoms with van der Waals surface area (Å²) in [5.74, 6) is 0.297. The zero-order valence-electron chi connectivity index (χ0n) is 22.9. The minimum absolute atomic E-state index is 0.0713. The van der Waals surface area contributed by atoms with Gasteiger partial charge >= 0.3 is 10.9 Å². The fourth-order valence-electron chi connectivity index (χ4n) is 4.10. The van der Waals surface area contributed by atoms with Crippen LogP contribution in [0.3, 0.4) is 0 Å². The van der Waals surface area contributed by atoms with Gasteiger partial charge in [-0.05, 0) is 60.6 Å². The van der Waals surface area contributed by atoms with Gasteiger partial charge in [-0.25, -0.2) is 18.4 Å². The van der Waals surface area contributed by atoms with Crippen LogP contribution in [0.2, 0.25) is 0 Å². The van der Waals surface area contributed by atoms with Crippen molar-refractivity contribution < 1.29 is 27.5 Å². The zero-order chi connectivity index (χ0) is 30.1. The lowest BCUT2D eigenvalue weighted by molar-refractivity contribution is -0.832. The minimum Gasteiger partial charge on any atom is -0.454 e. The topological polar surface area (TPSA) is 163 Å². The first-order valence-electron chi connectivity index (χ1n) is 13.4. The molecule has 2 N–H and O–H groups in total. The first-order valence-corrected chi connectivity index (χ1v) is 15.9. The molecule has 0 saturated heterocycles. The molecule has 14 heteroatoms. The van der Waals surface area contributed by atoms with Crippen molar-refractivity contribution in [3.8, 4) is 5.88 Å². The molecule has 0 spiro atoms. The summed E-state index contributed by atoms with van der Waals surface area (Å²) in [5, 5.41) is 22.3. The summed E-state index contributed by atoms with van der Waals surface area (Å²) in [4.78, 5) is 21.4. The molecule has 2 aromatic heterocycles. The predicted molar refractivity (Wildman–Crippen MR) is 160 cm³/mol. The van der Waals surface area contributed by atoms with Crippen LogP contribution in [0, 0.1) is 5.21 Å². The van der Waals surface area contributed by atoms with Gasteiger partial charge in [0.2, 0.25) is 5.91 Å². The summed E-state index contributed by atoms with van der Waals surface area (Å²) in [7, 11) is -4.16. The number of rotatable bonds is 14. The molecule has 43 heavy (non-hydrogen) atoms. The number of nitrogens with one attached hydrogen (secondary N) is 2. The van der Waals surface area contributed by atoms with Gasteiger partial charge in [0.25, 0.3) is 9.84 Å². The monoisotopic (exact) mass is 620 g/mol. The van der Waals surface area contributed by atoms with E-state index in [4.69, 9.17) is 4.74 Å². The predicted octanol–water partition coefficient (Wildman–Crippen LogP) is 4.29. The van der Waals surface area contributed by atoms with Crippen LogP contribution in [0.25, 0.3) is 10.9 Å². The maximum atomic E-state index is 12.8. The Balaban J connectivity index is 1.05. The second kappa shape index (κ2) is 14.0. The van der Waals surface area contributed by atoms with Crippen LogP contribution in [0.15, 0.2) is 105 Å². The number of carbonyl (C=O) groups excluding carboxylic acids is 1. The van der Waals surface area contributed by atoms with Crippen LogP contribution in [0.1, 0.15) is 19.3 Å². The molecule has 3 aromatic carbocycles. The van der Waals surface area contributed by atoms with Crippen LogP contribution in [-0.2, 0) is 14.6 Å². The molecule has 12 nitrogen and oxygen atoms in total. The van der Waals surface area contributed by atoms with E-state index in [2.05, 4.69) is 30.4 Å². The lowest BCUT2D eigenvalue weighted by Gasteiger charge is -2.11. The highest BCUT2D eigenvalue weighted by molar-refractivity contribution is 7.99. The largest absolute Gasteiger partial charge is 0.454 e. The van der Waals surface area contributed by atoms with Gasteiger partial charge in [-0.2, -0.15) is 0 Å². The van der Waals surface area contributed by atoms with Crippen molar-refractivity contribution in [2.75, 3.05) is 24.2 Å². The lowest BCUT2D eigenvalue weighted by Crippen LogP contribution is -2.31. The first-order chi connectivity index (χ1) is 20.9. The third-order valence-electron chi connectivity index (χ3n) is 6.19. The molecule has 0 aliphatic rings. The fourth-order valence-corrected chi connectivity index (χ4v) is 6.07. The molecule has 0 radical (unpaired) electrons. The normalized spacial score (nSPS) is 11.3. The molecule has 0 fully saturated rings. The summed E-state index contributed by atoms with van der Waals surface area (Å²) < 4.78 is 35.6. The Morgan fingerprint density at radius 1 is 0.930 bits per heavy atom. The molecule has 2 heterocycles. The summed E-state index contributed by atoms with van der Waals surface area (Å²) in [5.41, 5.74) is 1.68. The van der Waals surface area contributed by atoms with Gasteiger partial charge in [-0.15, -0.1) is 0 Å². The van der Waals surface area contributed by atoms with Crippen LogP contribution in [-0.4, -0.2) is 48.4 Å². The average Bonchev–Trinajstić information content (AvgIpc) is 3.41. The van der Waals surface area contributed by atoms with Crippen LogP contribution < -0.4 is 20.3 Å². The van der Waals surface area contributed by atoms with Gasteiger partial charge < -0.3 is 20.6 Å². The van der Waals surface area contributed by atoms with Gasteiger partial charge in [0.1, 0.15) is 5.82 Å². The highest BCUT2D eigenvalue weighted by Crippen LogP contribution is 2.27. The second-order valence-corrected chi connectivity index (χ2v) is 12.1. The average molecular weight is 621 g/mol. The number of hydrogen-bond acceptors (Lipinski definition) is 11. The van der Waals surface area contributed by atoms with E-state index in [1.165, 1.54) is 23.9 Å². The Morgan fingerprint density at radius 3 is 2.44 bits per heavy atom. The standard InChI is InChI=1S/C29H28N6O6S2/c36-25(20-42-29-32-24-17-9-8-16-23(24)26(33-29)31-21-12-4-1-5-13-21)30-18-10-3-11-19-40-27-28(35(37)41-34-27)43(38,39)22-14-6-2-7-15-22/h1-2,4-9,12-17H,3,10-11,18-20H2,(H,30,36)(H,31,32,33). The SMILES string of the molecule is O=C(CSc1nc(Nc2ccccc2)c2ccccc2n1)NCCCCCOc1no[n+]([O-])c1S(=O)(=O)c1ccccc1. The number of ether oxygens (including phenoxy) is 1. The number of nitrogens with zero attached hydrogens (tertiary/aromatic N) is 4. The number of sulfone groups is 1. The molecule has 0 saturated carbocycles. The third-order valence-corrected chi connectivity index (χ3v) is 8.76. The van der Waals surface area contributed by atoms with Crippen LogP contribution in [0.4, 0.5) is 11.5 Å². The molecule has 5 rings (SSSR count). The molecule has 0 aliphatic heterocycles. The van der Waals surface area contributed by atoms with E-state index in [0.29, 0.717) is 36.8 Å². The number of carbonyl (C=O) groups is 1. The molecule has 0 aliphatic carbocycles. The molecule has 0 atom stereocenters. The van der Waals surface area contributed by atoms with Crippen molar-refractivity contribution >= 4 is 49.9 Å². The van der Waals surface area contributed by atoms with Crippen LogP contribution in [0.5, 0.6) is 5.88 Å². The molecule has 0 unspecified atom stereocenters. The van der Waals surface area contributed by atoms with E-state index in [9.17, 15) is 18.4 Å². The van der Waals surface area contributed by atoms with Crippen LogP contribution >= 0.6 is 11.8 Å². The van der Waals surface area contributed by atoms with E-state index in [0.717, 1.165) is 16.6 Å². The summed E-state index contributed by atoms with van der Waals surface area (Å²) in [6.45, 7) is 0.573. The van der Waals surface area contributed by atoms with Gasteiger partial charge in [0, 0.05) is 17.6 Å². The first kappa shape index (κ1) is 29.8. The molecule has 1 amide bonds. The molecular formula is C29H28N6O6S2. The third kappa shape index (κ3) is 7.59. The lowest BCUT2D eigenvalue weighted by atomic mass is 10.2. The van der Waals surface area contributed by atoms with E-state index >= 15 is 0 Å². The van der Waals surface area contributed by atoms with Gasteiger partial charge in [0.15, 0.2) is 5.16 Å². The number of unbranched alkanes of at least 4 members (excludes halogenated alkanes) is 2. The minimum atomic E-state index is -4.16.